The van der Waals surface area contributed by atoms with Gasteiger partial charge in [0.2, 0.25) is 10.0 Å². The highest BCUT2D eigenvalue weighted by atomic mass is 79.9. The van der Waals surface area contributed by atoms with Crippen LogP contribution in [0.25, 0.3) is 10.8 Å². The number of aromatic nitrogens is 1. The van der Waals surface area contributed by atoms with Crippen LogP contribution in [0.5, 0.6) is 0 Å². The minimum Gasteiger partial charge on any atom is -0.264 e. The van der Waals surface area contributed by atoms with Crippen molar-refractivity contribution in [3.63, 3.8) is 0 Å². The molecule has 1 atom stereocenters. The molecular weight excluding hydrogens is 340 g/mol. The predicted molar refractivity (Wildman–Crippen MR) is 84.6 cm³/mol. The summed E-state index contributed by atoms with van der Waals surface area (Å²) in [6.07, 6.45) is 5.21. The van der Waals surface area contributed by atoms with Crippen LogP contribution in [0.1, 0.15) is 19.8 Å². The molecule has 2 aromatic rings. The van der Waals surface area contributed by atoms with Crippen molar-refractivity contribution in [2.75, 3.05) is 6.54 Å². The lowest BCUT2D eigenvalue weighted by atomic mass is 10.2. The van der Waals surface area contributed by atoms with Crippen molar-refractivity contribution in [1.82, 2.24) is 9.71 Å². The maximum Gasteiger partial charge on any atom is 0.241 e. The van der Waals surface area contributed by atoms with Gasteiger partial charge < -0.3 is 0 Å². The SMILES string of the molecule is CCCC(Br)CNS(=O)(=O)c1cccc2cnccc12. The Labute approximate surface area is 127 Å². The molecule has 0 bridgehead atoms. The summed E-state index contributed by atoms with van der Waals surface area (Å²) < 4.78 is 27.5. The summed E-state index contributed by atoms with van der Waals surface area (Å²) in [5.74, 6) is 0. The Morgan fingerprint density at radius 2 is 2.15 bits per heavy atom. The zero-order valence-electron chi connectivity index (χ0n) is 11.2. The topological polar surface area (TPSA) is 59.1 Å². The van der Waals surface area contributed by atoms with E-state index in [4.69, 9.17) is 0 Å². The molecule has 1 aromatic heterocycles. The first kappa shape index (κ1) is 15.4. The van der Waals surface area contributed by atoms with Gasteiger partial charge in [0.05, 0.1) is 4.90 Å². The lowest BCUT2D eigenvalue weighted by Crippen LogP contribution is -2.29. The summed E-state index contributed by atoms with van der Waals surface area (Å²) in [5.41, 5.74) is 0. The van der Waals surface area contributed by atoms with Crippen LogP contribution < -0.4 is 4.72 Å². The van der Waals surface area contributed by atoms with Crippen LogP contribution in [0.4, 0.5) is 0 Å². The van der Waals surface area contributed by atoms with Gasteiger partial charge in [-0.05, 0) is 18.6 Å². The second-order valence-corrected chi connectivity index (χ2v) is 7.62. The van der Waals surface area contributed by atoms with Crippen LogP contribution in [0.3, 0.4) is 0 Å². The molecule has 0 saturated carbocycles. The average Bonchev–Trinajstić information content (AvgIpc) is 2.45. The van der Waals surface area contributed by atoms with Gasteiger partial charge in [0.25, 0.3) is 0 Å². The molecule has 108 valence electrons. The van der Waals surface area contributed by atoms with Crippen molar-refractivity contribution < 1.29 is 8.42 Å². The number of pyridine rings is 1. The molecule has 2 rings (SSSR count). The summed E-state index contributed by atoms with van der Waals surface area (Å²) in [7, 11) is -3.51. The summed E-state index contributed by atoms with van der Waals surface area (Å²) in [6.45, 7) is 2.46. The first-order valence-corrected chi connectivity index (χ1v) is 8.91. The second kappa shape index (κ2) is 6.65. The van der Waals surface area contributed by atoms with Crippen LogP contribution in [0.15, 0.2) is 41.6 Å². The third kappa shape index (κ3) is 3.56. The lowest BCUT2D eigenvalue weighted by Gasteiger charge is -2.12. The van der Waals surface area contributed by atoms with E-state index >= 15 is 0 Å². The van der Waals surface area contributed by atoms with E-state index in [1.54, 1.807) is 30.6 Å². The van der Waals surface area contributed by atoms with E-state index in [2.05, 4.69) is 32.6 Å². The van der Waals surface area contributed by atoms with Gasteiger partial charge in [-0.1, -0.05) is 41.4 Å². The number of halogens is 1. The number of sulfonamides is 1. The zero-order valence-corrected chi connectivity index (χ0v) is 13.6. The fourth-order valence-corrected chi connectivity index (χ4v) is 4.16. The fraction of sp³-hybridized carbons (Fsp3) is 0.357. The third-order valence-corrected chi connectivity index (χ3v) is 5.29. The van der Waals surface area contributed by atoms with Crippen molar-refractivity contribution in [2.45, 2.75) is 29.5 Å². The molecule has 0 aliphatic rings. The Morgan fingerprint density at radius 1 is 1.35 bits per heavy atom. The number of nitrogens with zero attached hydrogens (tertiary/aromatic N) is 1. The normalized spacial score (nSPS) is 13.5. The Hall–Kier alpha value is -0.980. The van der Waals surface area contributed by atoms with Gasteiger partial charge in [0, 0.05) is 34.5 Å². The highest BCUT2D eigenvalue weighted by Crippen LogP contribution is 2.22. The van der Waals surface area contributed by atoms with Crippen LogP contribution >= 0.6 is 15.9 Å². The number of benzene rings is 1. The monoisotopic (exact) mass is 356 g/mol. The lowest BCUT2D eigenvalue weighted by molar-refractivity contribution is 0.579. The maximum absolute atomic E-state index is 12.4. The standard InChI is InChI=1S/C14H17BrN2O2S/c1-2-4-12(15)10-17-20(18,19)14-6-3-5-11-9-16-8-7-13(11)14/h3,5-9,12,17H,2,4,10H2,1H3. The van der Waals surface area contributed by atoms with E-state index in [1.807, 2.05) is 6.07 Å². The molecule has 0 saturated heterocycles. The quantitative estimate of drug-likeness (QED) is 0.809. The molecule has 0 spiro atoms. The molecule has 0 aliphatic heterocycles. The first-order chi connectivity index (χ1) is 9.54. The van der Waals surface area contributed by atoms with Gasteiger partial charge in [0.1, 0.15) is 0 Å². The molecule has 1 aromatic carbocycles. The summed E-state index contributed by atoms with van der Waals surface area (Å²) in [4.78, 5) is 4.46. The van der Waals surface area contributed by atoms with Gasteiger partial charge in [-0.15, -0.1) is 0 Å². The van der Waals surface area contributed by atoms with Crippen molar-refractivity contribution in [2.24, 2.45) is 0 Å². The zero-order chi connectivity index (χ0) is 14.6. The van der Waals surface area contributed by atoms with Gasteiger partial charge in [-0.2, -0.15) is 0 Å². The van der Waals surface area contributed by atoms with Crippen molar-refractivity contribution in [1.29, 1.82) is 0 Å². The van der Waals surface area contributed by atoms with Gasteiger partial charge in [0.15, 0.2) is 0 Å². The largest absolute Gasteiger partial charge is 0.264 e. The number of hydrogen-bond acceptors (Lipinski definition) is 3. The molecular formula is C14H17BrN2O2S. The minimum absolute atomic E-state index is 0.152. The van der Waals surface area contributed by atoms with E-state index in [-0.39, 0.29) is 4.83 Å². The molecule has 20 heavy (non-hydrogen) atoms. The number of hydrogen-bond donors (Lipinski definition) is 1. The molecule has 0 amide bonds. The van der Waals surface area contributed by atoms with Crippen molar-refractivity contribution in [3.8, 4) is 0 Å². The molecule has 1 unspecified atom stereocenters. The number of nitrogens with one attached hydrogen (secondary N) is 1. The van der Waals surface area contributed by atoms with E-state index < -0.39 is 10.0 Å². The fourth-order valence-electron chi connectivity index (χ4n) is 2.02. The Bertz CT molecular complexity index is 683. The van der Waals surface area contributed by atoms with E-state index in [9.17, 15) is 8.42 Å². The number of fused-ring (bicyclic) bond motifs is 1. The summed E-state index contributed by atoms with van der Waals surface area (Å²) >= 11 is 3.48. The molecule has 0 fully saturated rings. The maximum atomic E-state index is 12.4. The smallest absolute Gasteiger partial charge is 0.241 e. The Morgan fingerprint density at radius 3 is 2.90 bits per heavy atom. The predicted octanol–water partition coefficient (Wildman–Crippen LogP) is 3.08. The average molecular weight is 357 g/mol. The number of alkyl halides is 1. The Kier molecular flexibility index (Phi) is 5.12. The van der Waals surface area contributed by atoms with Gasteiger partial charge >= 0.3 is 0 Å². The van der Waals surface area contributed by atoms with E-state index in [0.29, 0.717) is 16.8 Å². The minimum atomic E-state index is -3.51. The second-order valence-electron chi connectivity index (χ2n) is 4.59. The molecule has 0 aliphatic carbocycles. The van der Waals surface area contributed by atoms with Crippen molar-refractivity contribution in [3.05, 3.63) is 36.7 Å². The molecule has 4 nitrogen and oxygen atoms in total. The summed E-state index contributed by atoms with van der Waals surface area (Å²) in [6, 6.07) is 6.93. The van der Waals surface area contributed by atoms with E-state index in [1.165, 1.54) is 0 Å². The number of rotatable bonds is 6. The van der Waals surface area contributed by atoms with Crippen LogP contribution in [0, 0.1) is 0 Å². The third-order valence-electron chi connectivity index (χ3n) is 3.03. The van der Waals surface area contributed by atoms with E-state index in [0.717, 1.165) is 18.2 Å². The van der Waals surface area contributed by atoms with Gasteiger partial charge in [-0.3, -0.25) is 4.98 Å². The van der Waals surface area contributed by atoms with Crippen LogP contribution in [0.2, 0.25) is 0 Å². The molecule has 6 heteroatoms. The van der Waals surface area contributed by atoms with Crippen LogP contribution in [-0.2, 0) is 10.0 Å². The molecule has 1 N–H and O–H groups in total. The van der Waals surface area contributed by atoms with Gasteiger partial charge in [-0.25, -0.2) is 13.1 Å². The first-order valence-electron chi connectivity index (χ1n) is 6.51. The molecule has 1 heterocycles. The Balaban J connectivity index is 2.28. The van der Waals surface area contributed by atoms with Crippen molar-refractivity contribution >= 4 is 36.7 Å². The summed E-state index contributed by atoms with van der Waals surface area (Å²) in [5, 5.41) is 1.51. The highest BCUT2D eigenvalue weighted by molar-refractivity contribution is 9.09. The molecule has 0 radical (unpaired) electrons. The van der Waals surface area contributed by atoms with Crippen LogP contribution in [-0.4, -0.2) is 24.8 Å². The highest BCUT2D eigenvalue weighted by Gasteiger charge is 2.18.